The molecule has 0 heterocycles. The van der Waals surface area contributed by atoms with Gasteiger partial charge in [-0.05, 0) is 74.9 Å². The van der Waals surface area contributed by atoms with E-state index in [-0.39, 0.29) is 23.8 Å². The molecule has 0 spiro atoms. The largest absolute Gasteiger partial charge is 0.444 e. The highest BCUT2D eigenvalue weighted by molar-refractivity contribution is 6.00. The van der Waals surface area contributed by atoms with Gasteiger partial charge >= 0.3 is 6.09 Å². The molecule has 0 aliphatic heterocycles. The quantitative estimate of drug-likeness (QED) is 0.355. The lowest BCUT2D eigenvalue weighted by atomic mass is 9.98. The van der Waals surface area contributed by atoms with Gasteiger partial charge in [-0.25, -0.2) is 4.79 Å². The van der Waals surface area contributed by atoms with E-state index < -0.39 is 23.8 Å². The van der Waals surface area contributed by atoms with Gasteiger partial charge in [0, 0.05) is 11.7 Å². The lowest BCUT2D eigenvalue weighted by Gasteiger charge is -2.35. The molecule has 206 valence electrons. The molecule has 0 bridgehead atoms. The normalized spacial score (nSPS) is 14.9. The van der Waals surface area contributed by atoms with E-state index in [4.69, 9.17) is 4.74 Å². The molecule has 1 aliphatic carbocycles. The number of ether oxygens (including phenoxy) is 1. The summed E-state index contributed by atoms with van der Waals surface area (Å²) in [6, 6.07) is 19.6. The molecule has 0 aromatic heterocycles. The predicted molar refractivity (Wildman–Crippen MR) is 154 cm³/mol. The third-order valence-corrected chi connectivity index (χ3v) is 6.74. The Balaban J connectivity index is 1.68. The second-order valence-corrected chi connectivity index (χ2v) is 11.7. The van der Waals surface area contributed by atoms with Crippen LogP contribution in [0.15, 0.2) is 66.7 Å². The Hall–Kier alpha value is -3.87. The molecule has 2 unspecified atom stereocenters. The number of carbonyl (C=O) groups excluding carboxylic acids is 3. The Bertz CT molecular complexity index is 1340. The van der Waals surface area contributed by atoms with Crippen LogP contribution in [0.1, 0.15) is 64.6 Å². The van der Waals surface area contributed by atoms with E-state index in [0.717, 1.165) is 34.7 Å². The van der Waals surface area contributed by atoms with Crippen LogP contribution < -0.4 is 10.6 Å². The van der Waals surface area contributed by atoms with Crippen LogP contribution in [0.3, 0.4) is 0 Å². The zero-order valence-electron chi connectivity index (χ0n) is 23.7. The lowest BCUT2D eigenvalue weighted by molar-refractivity contribution is -0.142. The Labute approximate surface area is 230 Å². The summed E-state index contributed by atoms with van der Waals surface area (Å²) in [5.74, 6) is -0.805. The maximum atomic E-state index is 14.2. The Morgan fingerprint density at radius 2 is 1.56 bits per heavy atom. The maximum absolute atomic E-state index is 14.2. The van der Waals surface area contributed by atoms with Crippen LogP contribution in [-0.2, 0) is 14.3 Å². The van der Waals surface area contributed by atoms with Gasteiger partial charge in [-0.3, -0.25) is 9.59 Å². The number of fused-ring (bicyclic) bond motifs is 1. The summed E-state index contributed by atoms with van der Waals surface area (Å²) in [5.41, 5.74) is 1.74. The minimum atomic E-state index is -0.862. The molecule has 3 aromatic rings. The number of amides is 3. The lowest BCUT2D eigenvalue weighted by Crippen LogP contribution is -2.55. The third kappa shape index (κ3) is 7.16. The Morgan fingerprint density at radius 1 is 0.923 bits per heavy atom. The second-order valence-electron chi connectivity index (χ2n) is 11.7. The first-order chi connectivity index (χ1) is 18.4. The van der Waals surface area contributed by atoms with Gasteiger partial charge in [0.25, 0.3) is 5.91 Å². The third-order valence-electron chi connectivity index (χ3n) is 6.74. The number of rotatable bonds is 8. The van der Waals surface area contributed by atoms with Crippen LogP contribution in [0.5, 0.6) is 0 Å². The molecule has 3 amide bonds. The summed E-state index contributed by atoms with van der Waals surface area (Å²) in [6.45, 7) is 11.1. The number of alkyl carbamates (subject to hydrolysis) is 1. The van der Waals surface area contributed by atoms with Crippen molar-refractivity contribution in [2.24, 2.45) is 5.92 Å². The van der Waals surface area contributed by atoms with E-state index in [1.165, 1.54) is 0 Å². The summed E-state index contributed by atoms with van der Waals surface area (Å²) in [4.78, 5) is 42.5. The van der Waals surface area contributed by atoms with Crippen molar-refractivity contribution in [1.29, 1.82) is 0 Å². The number of carbonyl (C=O) groups is 3. The van der Waals surface area contributed by atoms with E-state index in [1.54, 1.807) is 25.7 Å². The first kappa shape index (κ1) is 28.1. The zero-order chi connectivity index (χ0) is 28.3. The van der Waals surface area contributed by atoms with E-state index in [9.17, 15) is 14.4 Å². The van der Waals surface area contributed by atoms with Crippen LogP contribution in [-0.4, -0.2) is 40.5 Å². The number of hydrogen-bond acceptors (Lipinski definition) is 4. The van der Waals surface area contributed by atoms with Crippen molar-refractivity contribution < 1.29 is 19.1 Å². The van der Waals surface area contributed by atoms with Gasteiger partial charge in [0.05, 0.1) is 0 Å². The number of aryl methyl sites for hydroxylation is 1. The zero-order valence-corrected chi connectivity index (χ0v) is 23.7. The molecule has 4 rings (SSSR count). The van der Waals surface area contributed by atoms with Crippen molar-refractivity contribution >= 4 is 34.4 Å². The topological polar surface area (TPSA) is 87.7 Å². The number of anilines is 1. The fourth-order valence-corrected chi connectivity index (χ4v) is 4.64. The fourth-order valence-electron chi connectivity index (χ4n) is 4.64. The molecule has 1 saturated carbocycles. The number of benzene rings is 3. The van der Waals surface area contributed by atoms with Crippen molar-refractivity contribution in [2.45, 2.75) is 78.1 Å². The molecule has 0 radical (unpaired) electrons. The molecular formula is C32H39N3O4. The summed E-state index contributed by atoms with van der Waals surface area (Å²) >= 11 is 0. The molecule has 2 N–H and O–H groups in total. The summed E-state index contributed by atoms with van der Waals surface area (Å²) in [7, 11) is 0. The maximum Gasteiger partial charge on any atom is 0.408 e. The molecule has 39 heavy (non-hydrogen) atoms. The molecule has 3 aromatic carbocycles. The monoisotopic (exact) mass is 529 g/mol. The van der Waals surface area contributed by atoms with E-state index >= 15 is 0 Å². The van der Waals surface area contributed by atoms with E-state index in [1.807, 2.05) is 87.5 Å². The molecule has 2 atom stereocenters. The minimum Gasteiger partial charge on any atom is -0.444 e. The van der Waals surface area contributed by atoms with Gasteiger partial charge in [0.1, 0.15) is 17.7 Å². The number of hydrogen-bond donors (Lipinski definition) is 2. The fraction of sp³-hybridized carbons (Fsp3) is 0.406. The molecule has 7 heteroatoms. The molecular weight excluding hydrogens is 490 g/mol. The highest BCUT2D eigenvalue weighted by Crippen LogP contribution is 2.37. The van der Waals surface area contributed by atoms with E-state index in [2.05, 4.69) is 10.6 Å². The average Bonchev–Trinajstić information content (AvgIpc) is 3.70. The van der Waals surface area contributed by atoms with Gasteiger partial charge in [-0.2, -0.15) is 0 Å². The van der Waals surface area contributed by atoms with Gasteiger partial charge in [-0.15, -0.1) is 0 Å². The van der Waals surface area contributed by atoms with E-state index in [0.29, 0.717) is 5.69 Å². The van der Waals surface area contributed by atoms with Gasteiger partial charge < -0.3 is 20.3 Å². The summed E-state index contributed by atoms with van der Waals surface area (Å²) in [6.07, 6.45) is 0.946. The van der Waals surface area contributed by atoms with Crippen molar-refractivity contribution in [1.82, 2.24) is 10.2 Å². The Morgan fingerprint density at radius 3 is 2.15 bits per heavy atom. The van der Waals surface area contributed by atoms with Crippen LogP contribution in [0.25, 0.3) is 10.8 Å². The van der Waals surface area contributed by atoms with Crippen molar-refractivity contribution in [3.63, 3.8) is 0 Å². The van der Waals surface area contributed by atoms with Crippen LogP contribution in [0, 0.1) is 12.8 Å². The molecule has 7 nitrogen and oxygen atoms in total. The predicted octanol–water partition coefficient (Wildman–Crippen LogP) is 6.37. The highest BCUT2D eigenvalue weighted by Gasteiger charge is 2.44. The van der Waals surface area contributed by atoms with Crippen LogP contribution in [0.4, 0.5) is 10.5 Å². The molecule has 0 saturated heterocycles. The summed E-state index contributed by atoms with van der Waals surface area (Å²) < 4.78 is 5.44. The van der Waals surface area contributed by atoms with Crippen LogP contribution >= 0.6 is 0 Å². The molecule has 1 fully saturated rings. The number of nitrogens with one attached hydrogen (secondary N) is 2. The molecule has 1 aliphatic rings. The first-order valence-electron chi connectivity index (χ1n) is 13.6. The number of nitrogens with zero attached hydrogens (tertiary/aromatic N) is 1. The van der Waals surface area contributed by atoms with Gasteiger partial charge in [0.2, 0.25) is 5.91 Å². The summed E-state index contributed by atoms with van der Waals surface area (Å²) in [5, 5.41) is 7.93. The van der Waals surface area contributed by atoms with Gasteiger partial charge in [0.15, 0.2) is 0 Å². The van der Waals surface area contributed by atoms with Gasteiger partial charge in [-0.1, -0.05) is 74.0 Å². The van der Waals surface area contributed by atoms with Crippen molar-refractivity contribution in [2.75, 3.05) is 5.32 Å². The average molecular weight is 530 g/mol. The Kier molecular flexibility index (Phi) is 8.28. The smallest absolute Gasteiger partial charge is 0.408 e. The second kappa shape index (κ2) is 11.5. The highest BCUT2D eigenvalue weighted by atomic mass is 16.6. The standard InChI is InChI=1S/C32H39N3O4/c1-20(2)27(34-31(38)39-32(4,5)6)30(37)35(26-17-18-26)28(23-13-11-21(3)12-14-23)29(36)33-25-16-15-22-9-7-8-10-24(22)19-25/h7-16,19-20,26-28H,17-18H2,1-6H3,(H,33,36)(H,34,38). The van der Waals surface area contributed by atoms with Crippen LogP contribution in [0.2, 0.25) is 0 Å². The SMILES string of the molecule is Cc1ccc(C(C(=O)Nc2ccc3ccccc3c2)N(C(=O)C(NC(=O)OC(C)(C)C)C(C)C)C2CC2)cc1. The van der Waals surface area contributed by atoms with Crippen molar-refractivity contribution in [3.8, 4) is 0 Å². The first-order valence-corrected chi connectivity index (χ1v) is 13.6. The van der Waals surface area contributed by atoms with Crippen molar-refractivity contribution in [3.05, 3.63) is 77.9 Å². The minimum absolute atomic E-state index is 0.0900.